The smallest absolute Gasteiger partial charge is 0.325 e. The van der Waals surface area contributed by atoms with Gasteiger partial charge in [0.15, 0.2) is 0 Å². The molecule has 3 atom stereocenters. The minimum atomic E-state index is -0.385. The van der Waals surface area contributed by atoms with Crippen LogP contribution in [0.5, 0.6) is 0 Å². The molecular formula is C20H25NO3. The maximum Gasteiger partial charge on any atom is 0.325 e. The molecule has 1 saturated heterocycles. The standard InChI is InChI=1S/C20H25NO3/c1-14-10-15(12-23-13-19(21-2)20(22)24-14)11-17-8-5-7-16-6-3-4-9-18(16)17/h3-9,14-15,19,21H,10-13H2,1-2H3/t14?,15?,19-/m0/s1. The lowest BCUT2D eigenvalue weighted by Crippen LogP contribution is -2.40. The normalized spacial score (nSPS) is 25.6. The number of benzene rings is 2. The average molecular weight is 327 g/mol. The molecule has 0 radical (unpaired) electrons. The van der Waals surface area contributed by atoms with E-state index in [2.05, 4.69) is 47.8 Å². The van der Waals surface area contributed by atoms with Gasteiger partial charge in [0.25, 0.3) is 0 Å². The number of cyclic esters (lactones) is 1. The fourth-order valence-electron chi connectivity index (χ4n) is 3.41. The Morgan fingerprint density at radius 3 is 2.75 bits per heavy atom. The van der Waals surface area contributed by atoms with Crippen LogP contribution in [0.1, 0.15) is 18.9 Å². The molecule has 1 aliphatic heterocycles. The van der Waals surface area contributed by atoms with E-state index in [4.69, 9.17) is 9.47 Å². The molecule has 1 fully saturated rings. The molecule has 24 heavy (non-hydrogen) atoms. The zero-order valence-electron chi connectivity index (χ0n) is 14.3. The summed E-state index contributed by atoms with van der Waals surface area (Å²) < 4.78 is 11.4. The maximum atomic E-state index is 12.0. The lowest BCUT2D eigenvalue weighted by atomic mass is 9.92. The van der Waals surface area contributed by atoms with E-state index in [0.717, 1.165) is 12.8 Å². The van der Waals surface area contributed by atoms with E-state index >= 15 is 0 Å². The molecule has 0 amide bonds. The highest BCUT2D eigenvalue weighted by atomic mass is 16.5. The van der Waals surface area contributed by atoms with Crippen molar-refractivity contribution in [3.63, 3.8) is 0 Å². The van der Waals surface area contributed by atoms with Crippen LogP contribution in [0.2, 0.25) is 0 Å². The fourth-order valence-corrected chi connectivity index (χ4v) is 3.41. The van der Waals surface area contributed by atoms with Crippen molar-refractivity contribution in [3.05, 3.63) is 48.0 Å². The first-order valence-corrected chi connectivity index (χ1v) is 8.59. The Morgan fingerprint density at radius 2 is 1.92 bits per heavy atom. The minimum Gasteiger partial charge on any atom is -0.461 e. The van der Waals surface area contributed by atoms with Gasteiger partial charge in [-0.25, -0.2) is 0 Å². The van der Waals surface area contributed by atoms with Gasteiger partial charge < -0.3 is 14.8 Å². The number of rotatable bonds is 3. The average Bonchev–Trinajstić information content (AvgIpc) is 2.64. The number of hydrogen-bond donors (Lipinski definition) is 1. The molecule has 3 rings (SSSR count). The van der Waals surface area contributed by atoms with E-state index in [1.54, 1.807) is 7.05 Å². The number of carbonyl (C=O) groups is 1. The van der Waals surface area contributed by atoms with Crippen molar-refractivity contribution < 1.29 is 14.3 Å². The quantitative estimate of drug-likeness (QED) is 0.881. The van der Waals surface area contributed by atoms with Crippen LogP contribution in [0.4, 0.5) is 0 Å². The molecule has 1 N–H and O–H groups in total. The van der Waals surface area contributed by atoms with Crippen molar-refractivity contribution in [2.75, 3.05) is 20.3 Å². The van der Waals surface area contributed by atoms with Gasteiger partial charge in [-0.2, -0.15) is 0 Å². The van der Waals surface area contributed by atoms with Gasteiger partial charge in [-0.15, -0.1) is 0 Å². The summed E-state index contributed by atoms with van der Waals surface area (Å²) in [5, 5.41) is 5.51. The lowest BCUT2D eigenvalue weighted by molar-refractivity contribution is -0.151. The number of carbonyl (C=O) groups excluding carboxylic acids is 1. The van der Waals surface area contributed by atoms with Gasteiger partial charge in [0.05, 0.1) is 12.7 Å². The molecule has 0 aliphatic carbocycles. The Hall–Kier alpha value is -1.91. The second-order valence-corrected chi connectivity index (χ2v) is 6.57. The Kier molecular flexibility index (Phi) is 5.48. The van der Waals surface area contributed by atoms with Gasteiger partial charge in [0.1, 0.15) is 6.04 Å². The predicted molar refractivity (Wildman–Crippen MR) is 95.0 cm³/mol. The Balaban J connectivity index is 1.77. The van der Waals surface area contributed by atoms with Crippen molar-refractivity contribution in [2.45, 2.75) is 31.9 Å². The largest absolute Gasteiger partial charge is 0.461 e. The number of hydrogen-bond acceptors (Lipinski definition) is 4. The van der Waals surface area contributed by atoms with Crippen LogP contribution in [0.15, 0.2) is 42.5 Å². The van der Waals surface area contributed by atoms with Crippen molar-refractivity contribution >= 4 is 16.7 Å². The van der Waals surface area contributed by atoms with E-state index in [9.17, 15) is 4.79 Å². The van der Waals surface area contributed by atoms with Gasteiger partial charge in [0.2, 0.25) is 0 Å². The van der Waals surface area contributed by atoms with Gasteiger partial charge in [-0.1, -0.05) is 42.5 Å². The first kappa shape index (κ1) is 16.9. The van der Waals surface area contributed by atoms with Crippen molar-refractivity contribution in [3.8, 4) is 0 Å². The molecule has 1 heterocycles. The summed E-state index contributed by atoms with van der Waals surface area (Å²) in [6.07, 6.45) is 1.63. The number of fused-ring (bicyclic) bond motifs is 1. The topological polar surface area (TPSA) is 47.6 Å². The lowest BCUT2D eigenvalue weighted by Gasteiger charge is -2.20. The summed E-state index contributed by atoms with van der Waals surface area (Å²) >= 11 is 0. The summed E-state index contributed by atoms with van der Waals surface area (Å²) in [6, 6.07) is 14.5. The van der Waals surface area contributed by atoms with E-state index in [-0.39, 0.29) is 18.1 Å². The maximum absolute atomic E-state index is 12.0. The third-order valence-electron chi connectivity index (χ3n) is 4.64. The number of esters is 1. The third-order valence-corrected chi connectivity index (χ3v) is 4.64. The van der Waals surface area contributed by atoms with Crippen LogP contribution in [0.3, 0.4) is 0 Å². The summed E-state index contributed by atoms with van der Waals surface area (Å²) in [4.78, 5) is 12.0. The number of ether oxygens (including phenoxy) is 2. The van der Waals surface area contributed by atoms with Gasteiger partial charge in [-0.05, 0) is 49.1 Å². The molecule has 2 aromatic carbocycles. The van der Waals surface area contributed by atoms with Crippen molar-refractivity contribution in [2.24, 2.45) is 5.92 Å². The fraction of sp³-hybridized carbons (Fsp3) is 0.450. The molecule has 0 spiro atoms. The van der Waals surface area contributed by atoms with Crippen LogP contribution < -0.4 is 5.32 Å². The molecule has 0 saturated carbocycles. The summed E-state index contributed by atoms with van der Waals surface area (Å²) in [7, 11) is 1.76. The van der Waals surface area contributed by atoms with E-state index in [1.807, 2.05) is 6.92 Å². The van der Waals surface area contributed by atoms with Gasteiger partial charge >= 0.3 is 5.97 Å². The van der Waals surface area contributed by atoms with Crippen molar-refractivity contribution in [1.82, 2.24) is 5.32 Å². The SMILES string of the molecule is CN[C@H]1COCC(Cc2cccc3ccccc23)CC(C)OC1=O. The first-order chi connectivity index (χ1) is 11.7. The molecule has 0 aromatic heterocycles. The summed E-state index contributed by atoms with van der Waals surface area (Å²) in [5.41, 5.74) is 1.32. The highest BCUT2D eigenvalue weighted by molar-refractivity contribution is 5.85. The molecule has 4 heteroatoms. The van der Waals surface area contributed by atoms with Crippen LogP contribution in [0, 0.1) is 5.92 Å². The molecule has 128 valence electrons. The zero-order chi connectivity index (χ0) is 16.9. The van der Waals surface area contributed by atoms with E-state index < -0.39 is 0 Å². The Bertz CT molecular complexity index is 695. The molecule has 2 unspecified atom stereocenters. The van der Waals surface area contributed by atoms with Crippen LogP contribution in [0.25, 0.3) is 10.8 Å². The Labute approximate surface area is 143 Å². The van der Waals surface area contributed by atoms with Crippen molar-refractivity contribution in [1.29, 1.82) is 0 Å². The van der Waals surface area contributed by atoms with E-state index in [1.165, 1.54) is 16.3 Å². The monoisotopic (exact) mass is 327 g/mol. The highest BCUT2D eigenvalue weighted by Crippen LogP contribution is 2.24. The highest BCUT2D eigenvalue weighted by Gasteiger charge is 2.26. The number of nitrogens with one attached hydrogen (secondary N) is 1. The predicted octanol–water partition coefficient (Wildman–Crippen LogP) is 2.94. The van der Waals surface area contributed by atoms with Gasteiger partial charge in [0, 0.05) is 6.61 Å². The number of likely N-dealkylation sites (N-methyl/N-ethyl adjacent to an activating group) is 1. The zero-order valence-corrected chi connectivity index (χ0v) is 14.3. The third kappa shape index (κ3) is 3.94. The molecular weight excluding hydrogens is 302 g/mol. The van der Waals surface area contributed by atoms with Crippen LogP contribution in [-0.4, -0.2) is 38.4 Å². The minimum absolute atomic E-state index is 0.102. The Morgan fingerprint density at radius 1 is 1.12 bits per heavy atom. The molecule has 1 aliphatic rings. The van der Waals surface area contributed by atoms with E-state index in [0.29, 0.717) is 19.1 Å². The summed E-state index contributed by atoms with van der Waals surface area (Å²) in [6.45, 7) is 2.96. The first-order valence-electron chi connectivity index (χ1n) is 8.59. The van der Waals surface area contributed by atoms with Crippen LogP contribution >= 0.6 is 0 Å². The van der Waals surface area contributed by atoms with Crippen LogP contribution in [-0.2, 0) is 20.7 Å². The van der Waals surface area contributed by atoms with Gasteiger partial charge in [-0.3, -0.25) is 4.79 Å². The molecule has 2 aromatic rings. The molecule has 4 nitrogen and oxygen atoms in total. The summed E-state index contributed by atoms with van der Waals surface area (Å²) in [5.74, 6) is 0.102. The second-order valence-electron chi connectivity index (χ2n) is 6.57. The molecule has 0 bridgehead atoms. The second kappa shape index (κ2) is 7.77.